The Morgan fingerprint density at radius 1 is 1.45 bits per heavy atom. The summed E-state index contributed by atoms with van der Waals surface area (Å²) >= 11 is 0. The molecule has 9 heteroatoms. The van der Waals surface area contributed by atoms with E-state index in [-0.39, 0.29) is 11.4 Å². The fourth-order valence-electron chi connectivity index (χ4n) is 1.24. The van der Waals surface area contributed by atoms with E-state index in [2.05, 4.69) is 4.72 Å². The molecule has 0 heterocycles. The van der Waals surface area contributed by atoms with Crippen molar-refractivity contribution < 1.29 is 23.2 Å². The van der Waals surface area contributed by atoms with Gasteiger partial charge in [0.05, 0.1) is 15.4 Å². The van der Waals surface area contributed by atoms with E-state index < -0.39 is 32.0 Å². The minimum absolute atomic E-state index is 0.000503. The lowest BCUT2D eigenvalue weighted by molar-refractivity contribution is -0.386. The first-order valence-corrected chi connectivity index (χ1v) is 7.09. The minimum atomic E-state index is -3.92. The van der Waals surface area contributed by atoms with E-state index in [0.29, 0.717) is 0 Å². The van der Waals surface area contributed by atoms with Gasteiger partial charge >= 0.3 is 5.69 Å². The molecule has 20 heavy (non-hydrogen) atoms. The van der Waals surface area contributed by atoms with E-state index in [4.69, 9.17) is 4.74 Å². The van der Waals surface area contributed by atoms with E-state index in [0.717, 1.165) is 18.2 Å². The van der Waals surface area contributed by atoms with Crippen molar-refractivity contribution >= 4 is 15.7 Å². The van der Waals surface area contributed by atoms with Crippen molar-refractivity contribution in [1.29, 1.82) is 0 Å². The third kappa shape index (κ3) is 3.89. The van der Waals surface area contributed by atoms with E-state index in [1.54, 1.807) is 13.8 Å². The van der Waals surface area contributed by atoms with Gasteiger partial charge in [-0.05, 0) is 26.0 Å². The van der Waals surface area contributed by atoms with Crippen molar-refractivity contribution in [3.63, 3.8) is 0 Å². The molecule has 0 aliphatic heterocycles. The molecule has 0 amide bonds. The van der Waals surface area contributed by atoms with Crippen molar-refractivity contribution in [2.24, 2.45) is 0 Å². The third-order valence-electron chi connectivity index (χ3n) is 2.69. The van der Waals surface area contributed by atoms with Crippen LogP contribution in [0.5, 0.6) is 5.75 Å². The molecule has 0 aliphatic carbocycles. The van der Waals surface area contributed by atoms with Gasteiger partial charge in [0.1, 0.15) is 0 Å². The smallest absolute Gasteiger partial charge is 0.312 e. The molecular formula is C11H16N2O6S. The topological polar surface area (TPSA) is 119 Å². The van der Waals surface area contributed by atoms with Gasteiger partial charge in [-0.3, -0.25) is 10.1 Å². The van der Waals surface area contributed by atoms with Crippen LogP contribution < -0.4 is 4.72 Å². The molecule has 0 fully saturated rings. The highest BCUT2D eigenvalue weighted by Crippen LogP contribution is 2.28. The number of phenols is 1. The molecule has 0 saturated heterocycles. The number of aromatic hydroxyl groups is 1. The van der Waals surface area contributed by atoms with Crippen LogP contribution in [0.1, 0.15) is 13.8 Å². The lowest BCUT2D eigenvalue weighted by atomic mass is 10.1. The van der Waals surface area contributed by atoms with Crippen molar-refractivity contribution in [3.8, 4) is 5.75 Å². The van der Waals surface area contributed by atoms with Gasteiger partial charge in [-0.1, -0.05) is 0 Å². The molecule has 2 N–H and O–H groups in total. The normalized spacial score (nSPS) is 12.3. The second kappa shape index (κ2) is 5.73. The molecule has 0 radical (unpaired) electrons. The number of phenolic OH excluding ortho intramolecular Hbond substituents is 1. The predicted octanol–water partition coefficient (Wildman–Crippen LogP) is 1.00. The predicted molar refractivity (Wildman–Crippen MR) is 71.0 cm³/mol. The van der Waals surface area contributed by atoms with Gasteiger partial charge in [0, 0.05) is 19.7 Å². The van der Waals surface area contributed by atoms with Crippen LogP contribution in [0, 0.1) is 10.1 Å². The van der Waals surface area contributed by atoms with Gasteiger partial charge in [0.15, 0.2) is 5.75 Å². The Morgan fingerprint density at radius 3 is 2.55 bits per heavy atom. The largest absolute Gasteiger partial charge is 0.502 e. The minimum Gasteiger partial charge on any atom is -0.502 e. The molecule has 0 aromatic heterocycles. The van der Waals surface area contributed by atoms with Crippen LogP contribution in [0.25, 0.3) is 0 Å². The summed E-state index contributed by atoms with van der Waals surface area (Å²) in [6.45, 7) is 3.38. The van der Waals surface area contributed by atoms with Crippen LogP contribution in [-0.4, -0.2) is 37.7 Å². The van der Waals surface area contributed by atoms with Gasteiger partial charge in [-0.15, -0.1) is 0 Å². The first-order chi connectivity index (χ1) is 9.09. The van der Waals surface area contributed by atoms with Crippen LogP contribution >= 0.6 is 0 Å². The number of sulfonamides is 1. The molecule has 1 rings (SSSR count). The fraction of sp³-hybridized carbons (Fsp3) is 0.455. The summed E-state index contributed by atoms with van der Waals surface area (Å²) in [5.74, 6) is -0.592. The van der Waals surface area contributed by atoms with Crippen LogP contribution in [0.3, 0.4) is 0 Å². The van der Waals surface area contributed by atoms with Gasteiger partial charge in [0.2, 0.25) is 10.0 Å². The second-order valence-corrected chi connectivity index (χ2v) is 6.46. The van der Waals surface area contributed by atoms with Crippen LogP contribution in [-0.2, 0) is 14.8 Å². The number of nitrogens with zero attached hydrogens (tertiary/aromatic N) is 1. The maximum atomic E-state index is 12.0. The highest BCUT2D eigenvalue weighted by atomic mass is 32.2. The monoisotopic (exact) mass is 304 g/mol. The second-order valence-electron chi connectivity index (χ2n) is 4.70. The van der Waals surface area contributed by atoms with E-state index in [9.17, 15) is 23.6 Å². The maximum absolute atomic E-state index is 12.0. The first kappa shape index (κ1) is 16.3. The fourth-order valence-corrected chi connectivity index (χ4v) is 2.46. The number of hydrogen-bond acceptors (Lipinski definition) is 6. The lowest BCUT2D eigenvalue weighted by Gasteiger charge is -2.23. The Labute approximate surface area is 116 Å². The van der Waals surface area contributed by atoms with Crippen LogP contribution in [0.4, 0.5) is 5.69 Å². The van der Waals surface area contributed by atoms with Crippen molar-refractivity contribution in [3.05, 3.63) is 28.3 Å². The van der Waals surface area contributed by atoms with Crippen LogP contribution in [0.15, 0.2) is 23.1 Å². The molecule has 0 bridgehead atoms. The average Bonchev–Trinajstić information content (AvgIpc) is 2.36. The SMILES string of the molecule is COC(C)(C)CNS(=O)(=O)c1ccc(O)c([N+](=O)[O-])c1. The molecular weight excluding hydrogens is 288 g/mol. The Balaban J connectivity index is 3.05. The number of hydrogen-bond donors (Lipinski definition) is 2. The van der Waals surface area contributed by atoms with E-state index >= 15 is 0 Å². The molecule has 112 valence electrons. The molecule has 0 unspecified atom stereocenters. The molecule has 1 aromatic rings. The third-order valence-corrected chi connectivity index (χ3v) is 4.09. The number of nitro groups is 1. The summed E-state index contributed by atoms with van der Waals surface area (Å²) in [6, 6.07) is 2.86. The van der Waals surface area contributed by atoms with Crippen molar-refractivity contribution in [1.82, 2.24) is 4.72 Å². The van der Waals surface area contributed by atoms with E-state index in [1.807, 2.05) is 0 Å². The Bertz CT molecular complexity index is 611. The highest BCUT2D eigenvalue weighted by Gasteiger charge is 2.24. The van der Waals surface area contributed by atoms with Gasteiger partial charge in [-0.25, -0.2) is 13.1 Å². The first-order valence-electron chi connectivity index (χ1n) is 5.61. The molecule has 0 atom stereocenters. The average molecular weight is 304 g/mol. The quantitative estimate of drug-likeness (QED) is 0.598. The number of rotatable bonds is 6. The van der Waals surface area contributed by atoms with E-state index in [1.165, 1.54) is 7.11 Å². The zero-order valence-electron chi connectivity index (χ0n) is 11.3. The molecule has 1 aromatic carbocycles. The van der Waals surface area contributed by atoms with Gasteiger partial charge < -0.3 is 9.84 Å². The Morgan fingerprint density at radius 2 is 2.05 bits per heavy atom. The number of ether oxygens (including phenoxy) is 1. The number of nitrogens with one attached hydrogen (secondary N) is 1. The van der Waals surface area contributed by atoms with Crippen molar-refractivity contribution in [2.75, 3.05) is 13.7 Å². The van der Waals surface area contributed by atoms with Gasteiger partial charge in [0.25, 0.3) is 0 Å². The summed E-state index contributed by atoms with van der Waals surface area (Å²) in [5.41, 5.74) is -1.38. The summed E-state index contributed by atoms with van der Waals surface area (Å²) in [5, 5.41) is 20.0. The lowest BCUT2D eigenvalue weighted by Crippen LogP contribution is -2.39. The van der Waals surface area contributed by atoms with Crippen molar-refractivity contribution in [2.45, 2.75) is 24.3 Å². The summed E-state index contributed by atoms with van der Waals surface area (Å²) < 4.78 is 31.4. The maximum Gasteiger partial charge on any atom is 0.312 e. The molecule has 8 nitrogen and oxygen atoms in total. The number of nitro benzene ring substituents is 1. The number of benzene rings is 1. The molecule has 0 spiro atoms. The number of methoxy groups -OCH3 is 1. The summed E-state index contributed by atoms with van der Waals surface area (Å²) in [7, 11) is -2.48. The summed E-state index contributed by atoms with van der Waals surface area (Å²) in [6.07, 6.45) is 0. The zero-order valence-corrected chi connectivity index (χ0v) is 12.1. The van der Waals surface area contributed by atoms with Crippen LogP contribution in [0.2, 0.25) is 0 Å². The zero-order chi connectivity index (χ0) is 15.6. The van der Waals surface area contributed by atoms with Gasteiger partial charge in [-0.2, -0.15) is 0 Å². The highest BCUT2D eigenvalue weighted by molar-refractivity contribution is 7.89. The standard InChI is InChI=1S/C11H16N2O6S/c1-11(2,19-3)7-12-20(17,18)8-4-5-10(14)9(6-8)13(15)16/h4-6,12,14H,7H2,1-3H3. The Hall–Kier alpha value is -1.71. The molecule has 0 aliphatic rings. The molecule has 0 saturated carbocycles. The summed E-state index contributed by atoms with van der Waals surface area (Å²) in [4.78, 5) is 9.52. The Kier molecular flexibility index (Phi) is 4.69.